The summed E-state index contributed by atoms with van der Waals surface area (Å²) in [4.78, 5) is 27.2. The van der Waals surface area contributed by atoms with Crippen LogP contribution in [0.15, 0.2) is 71.5 Å². The Morgan fingerprint density at radius 1 is 1.20 bits per heavy atom. The van der Waals surface area contributed by atoms with Crippen molar-refractivity contribution in [2.45, 2.75) is 19.9 Å². The maximum atomic E-state index is 13.9. The largest absolute Gasteiger partial charge is 0.381 e. The number of pyridine rings is 1. The molecule has 0 saturated carbocycles. The van der Waals surface area contributed by atoms with E-state index in [-0.39, 0.29) is 22.8 Å². The Kier molecular flexibility index (Phi) is 5.70. The molecule has 0 aliphatic carbocycles. The third kappa shape index (κ3) is 3.89. The van der Waals surface area contributed by atoms with Gasteiger partial charge < -0.3 is 16.4 Å². The fourth-order valence-corrected chi connectivity index (χ4v) is 4.49. The van der Waals surface area contributed by atoms with Gasteiger partial charge in [0.05, 0.1) is 11.4 Å². The number of para-hydroxylation sites is 1. The number of benzene rings is 2. The molecule has 0 spiro atoms. The van der Waals surface area contributed by atoms with Gasteiger partial charge in [0.15, 0.2) is 5.82 Å². The van der Waals surface area contributed by atoms with E-state index in [0.29, 0.717) is 23.4 Å². The van der Waals surface area contributed by atoms with E-state index in [1.807, 2.05) is 86.7 Å². The van der Waals surface area contributed by atoms with Gasteiger partial charge in [0.2, 0.25) is 0 Å². The standard InChI is InChI=1S/C27H26N6O2/c1-3-9-18-10-7-11-19-16-21(33(27(35)22(18)19)20-12-5-4-6-13-20)17(2)30-26(34)23-24(28)31-32-15-8-14-29-25(23)32/h3-13,15-17,29H,14H2,1-2H3,(H2,28,31)(H,30,34)/b9-3+. The van der Waals surface area contributed by atoms with Gasteiger partial charge in [-0.25, -0.2) is 4.68 Å². The smallest absolute Gasteiger partial charge is 0.263 e. The molecule has 0 bridgehead atoms. The zero-order valence-electron chi connectivity index (χ0n) is 19.5. The van der Waals surface area contributed by atoms with Crippen LogP contribution in [0.4, 0.5) is 11.6 Å². The van der Waals surface area contributed by atoms with Crippen molar-refractivity contribution < 1.29 is 4.79 Å². The van der Waals surface area contributed by atoms with Gasteiger partial charge in [0.25, 0.3) is 11.5 Å². The second kappa shape index (κ2) is 8.98. The lowest BCUT2D eigenvalue weighted by Gasteiger charge is -2.22. The summed E-state index contributed by atoms with van der Waals surface area (Å²) in [6.45, 7) is 4.35. The summed E-state index contributed by atoms with van der Waals surface area (Å²) in [6, 6.07) is 16.7. The summed E-state index contributed by atoms with van der Waals surface area (Å²) in [5.41, 5.74) is 8.44. The first-order chi connectivity index (χ1) is 17.0. The number of amides is 1. The fraction of sp³-hybridized carbons (Fsp3) is 0.148. The molecule has 8 nitrogen and oxygen atoms in total. The number of anilines is 2. The minimum Gasteiger partial charge on any atom is -0.381 e. The highest BCUT2D eigenvalue weighted by atomic mass is 16.2. The van der Waals surface area contributed by atoms with Crippen LogP contribution in [0.5, 0.6) is 0 Å². The Bertz CT molecular complexity index is 1550. The quantitative estimate of drug-likeness (QED) is 0.409. The Labute approximate surface area is 202 Å². The Balaban J connectivity index is 1.63. The van der Waals surface area contributed by atoms with Crippen LogP contribution < -0.4 is 21.9 Å². The van der Waals surface area contributed by atoms with Crippen molar-refractivity contribution in [3.63, 3.8) is 0 Å². The molecule has 35 heavy (non-hydrogen) atoms. The van der Waals surface area contributed by atoms with Gasteiger partial charge in [-0.1, -0.05) is 48.6 Å². The molecule has 5 rings (SSSR count). The van der Waals surface area contributed by atoms with Crippen molar-refractivity contribution in [1.29, 1.82) is 0 Å². The minimum atomic E-state index is -0.501. The third-order valence-corrected chi connectivity index (χ3v) is 6.06. The van der Waals surface area contributed by atoms with E-state index in [2.05, 4.69) is 15.7 Å². The molecule has 1 amide bonds. The lowest BCUT2D eigenvalue weighted by Crippen LogP contribution is -2.32. The molecule has 4 aromatic rings. The number of allylic oxidation sites excluding steroid dienone is 1. The predicted octanol–water partition coefficient (Wildman–Crippen LogP) is 4.19. The summed E-state index contributed by atoms with van der Waals surface area (Å²) in [7, 11) is 0. The monoisotopic (exact) mass is 466 g/mol. The molecular formula is C27H26N6O2. The molecule has 0 saturated heterocycles. The number of nitrogens with two attached hydrogens (primary N) is 1. The maximum Gasteiger partial charge on any atom is 0.263 e. The number of nitrogens with zero attached hydrogens (tertiary/aromatic N) is 3. The van der Waals surface area contributed by atoms with Crippen molar-refractivity contribution in [2.24, 2.45) is 0 Å². The summed E-state index contributed by atoms with van der Waals surface area (Å²) in [5.74, 6) is 0.317. The first-order valence-electron chi connectivity index (χ1n) is 11.5. The number of nitrogens with one attached hydrogen (secondary N) is 2. The molecule has 1 atom stereocenters. The van der Waals surface area contributed by atoms with Gasteiger partial charge in [-0.2, -0.15) is 0 Å². The normalized spacial score (nSPS) is 13.5. The molecule has 0 radical (unpaired) electrons. The molecule has 3 heterocycles. The number of nitrogen functional groups attached to an aromatic ring is 1. The van der Waals surface area contributed by atoms with Gasteiger partial charge in [-0.15, -0.1) is 5.10 Å². The molecule has 1 aliphatic rings. The number of hydrogen-bond donors (Lipinski definition) is 3. The Hall–Kier alpha value is -4.59. The van der Waals surface area contributed by atoms with Crippen LogP contribution in [-0.2, 0) is 0 Å². The molecule has 2 aromatic heterocycles. The van der Waals surface area contributed by atoms with Crippen molar-refractivity contribution in [1.82, 2.24) is 19.7 Å². The first kappa shape index (κ1) is 22.2. The van der Waals surface area contributed by atoms with Gasteiger partial charge in [-0.3, -0.25) is 14.2 Å². The van der Waals surface area contributed by atoms with E-state index in [1.54, 1.807) is 15.4 Å². The van der Waals surface area contributed by atoms with Crippen molar-refractivity contribution in [2.75, 3.05) is 17.6 Å². The molecule has 176 valence electrons. The summed E-state index contributed by atoms with van der Waals surface area (Å²) < 4.78 is 3.22. The van der Waals surface area contributed by atoms with Crippen molar-refractivity contribution >= 4 is 40.6 Å². The number of fused-ring (bicyclic) bond motifs is 2. The third-order valence-electron chi connectivity index (χ3n) is 6.06. The minimum absolute atomic E-state index is 0.138. The highest BCUT2D eigenvalue weighted by Crippen LogP contribution is 2.27. The lowest BCUT2D eigenvalue weighted by molar-refractivity contribution is 0.0940. The maximum absolute atomic E-state index is 13.9. The van der Waals surface area contributed by atoms with Crippen LogP contribution in [0.2, 0.25) is 0 Å². The molecule has 0 fully saturated rings. The van der Waals surface area contributed by atoms with E-state index < -0.39 is 6.04 Å². The highest BCUT2D eigenvalue weighted by Gasteiger charge is 2.26. The predicted molar refractivity (Wildman–Crippen MR) is 141 cm³/mol. The topological polar surface area (TPSA) is 107 Å². The fourth-order valence-electron chi connectivity index (χ4n) is 4.49. The van der Waals surface area contributed by atoms with E-state index in [4.69, 9.17) is 5.73 Å². The van der Waals surface area contributed by atoms with Crippen molar-refractivity contribution in [3.8, 4) is 5.69 Å². The van der Waals surface area contributed by atoms with Crippen LogP contribution in [0, 0.1) is 0 Å². The second-order valence-corrected chi connectivity index (χ2v) is 8.37. The molecule has 2 aromatic carbocycles. The zero-order chi connectivity index (χ0) is 24.5. The number of carbonyl (C=O) groups excluding carboxylic acids is 1. The van der Waals surface area contributed by atoms with E-state index >= 15 is 0 Å². The molecular weight excluding hydrogens is 440 g/mol. The number of hydrogen-bond acceptors (Lipinski definition) is 5. The molecule has 1 aliphatic heterocycles. The molecule has 8 heteroatoms. The zero-order valence-corrected chi connectivity index (χ0v) is 19.5. The van der Waals surface area contributed by atoms with Crippen LogP contribution in [-0.4, -0.2) is 26.8 Å². The van der Waals surface area contributed by atoms with Gasteiger partial charge in [-0.05, 0) is 49.1 Å². The van der Waals surface area contributed by atoms with E-state index in [0.717, 1.165) is 16.6 Å². The summed E-state index contributed by atoms with van der Waals surface area (Å²) >= 11 is 0. The number of carbonyl (C=O) groups is 1. The highest BCUT2D eigenvalue weighted by molar-refractivity contribution is 6.04. The SMILES string of the molecule is C/C=C/c1cccc2cc(C(C)NC(=O)c3c(N)nn4c3NCC=C4)n(-c3ccccc3)c(=O)c12. The van der Waals surface area contributed by atoms with E-state index in [9.17, 15) is 9.59 Å². The number of rotatable bonds is 5. The Morgan fingerprint density at radius 3 is 2.77 bits per heavy atom. The van der Waals surface area contributed by atoms with Gasteiger partial charge >= 0.3 is 0 Å². The molecule has 4 N–H and O–H groups in total. The van der Waals surface area contributed by atoms with Gasteiger partial charge in [0.1, 0.15) is 11.4 Å². The first-order valence-corrected chi connectivity index (χ1v) is 11.5. The average Bonchev–Trinajstić information content (AvgIpc) is 3.20. The lowest BCUT2D eigenvalue weighted by atomic mass is 10.0. The van der Waals surface area contributed by atoms with E-state index in [1.165, 1.54) is 0 Å². The average molecular weight is 467 g/mol. The Morgan fingerprint density at radius 2 is 2.00 bits per heavy atom. The van der Waals surface area contributed by atoms with Crippen LogP contribution in [0.3, 0.4) is 0 Å². The van der Waals surface area contributed by atoms with Crippen LogP contribution in [0.25, 0.3) is 28.7 Å². The summed E-state index contributed by atoms with van der Waals surface area (Å²) in [5, 5.41) is 11.8. The van der Waals surface area contributed by atoms with Gasteiger partial charge in [0, 0.05) is 24.1 Å². The molecule has 1 unspecified atom stereocenters. The van der Waals surface area contributed by atoms with Crippen molar-refractivity contribution in [3.05, 3.63) is 93.9 Å². The second-order valence-electron chi connectivity index (χ2n) is 8.37. The van der Waals surface area contributed by atoms with Crippen LogP contribution in [0.1, 0.15) is 41.5 Å². The summed E-state index contributed by atoms with van der Waals surface area (Å²) in [6.07, 6.45) is 7.50. The van der Waals surface area contributed by atoms with Crippen LogP contribution >= 0.6 is 0 Å². The number of aromatic nitrogens is 3.